The van der Waals surface area contributed by atoms with Crippen molar-refractivity contribution >= 4 is 33.4 Å². The fourth-order valence-corrected chi connectivity index (χ4v) is 5.26. The number of rotatable bonds is 5. The summed E-state index contributed by atoms with van der Waals surface area (Å²) < 4.78 is 35.5. The third-order valence-corrected chi connectivity index (χ3v) is 7.70. The zero-order chi connectivity index (χ0) is 25.4. The maximum absolute atomic E-state index is 15.2. The van der Waals surface area contributed by atoms with E-state index in [9.17, 15) is 9.50 Å². The predicted molar refractivity (Wildman–Crippen MR) is 130 cm³/mol. The number of aliphatic hydroxyl groups is 1. The first-order valence-corrected chi connectivity index (χ1v) is 11.7. The van der Waals surface area contributed by atoms with Gasteiger partial charge >= 0.3 is 6.01 Å². The van der Waals surface area contributed by atoms with Crippen molar-refractivity contribution < 1.29 is 18.6 Å². The Labute approximate surface area is 204 Å². The minimum absolute atomic E-state index is 0.00518. The molecule has 2 aliphatic rings. The van der Waals surface area contributed by atoms with Gasteiger partial charge in [0, 0.05) is 37.2 Å². The number of nitrogens with two attached hydrogens (primary N) is 1. The third kappa shape index (κ3) is 3.21. The van der Waals surface area contributed by atoms with Crippen molar-refractivity contribution in [2.24, 2.45) is 11.1 Å². The number of fused-ring (bicyclic) bond motifs is 3. The standard InChI is InChI=1S/C24H26F2N8O2/c1-11(35)19-29-7-12(8-30-19)36-22-32-20-16(15-17(26)13(25)6-14(28-3)18(15)31-20)21(33-22)34-9-24(10-34)5-4-23(24,2)27/h6-8,11,28,35H,4-5,9-10,27H2,1-3H3,(H,31,32,33)/t11?,23-/m0/s1. The molecule has 1 aliphatic heterocycles. The van der Waals surface area contributed by atoms with Crippen molar-refractivity contribution in [2.45, 2.75) is 38.3 Å². The fourth-order valence-electron chi connectivity index (χ4n) is 5.26. The van der Waals surface area contributed by atoms with Crippen molar-refractivity contribution in [2.75, 3.05) is 30.4 Å². The van der Waals surface area contributed by atoms with E-state index in [1.54, 1.807) is 14.0 Å². The average molecular weight is 497 g/mol. The van der Waals surface area contributed by atoms with Crippen LogP contribution in [0.3, 0.4) is 0 Å². The maximum atomic E-state index is 15.2. The van der Waals surface area contributed by atoms with Crippen LogP contribution in [-0.4, -0.2) is 55.7 Å². The van der Waals surface area contributed by atoms with Gasteiger partial charge in [0.15, 0.2) is 23.2 Å². The number of H-pyrrole nitrogens is 1. The van der Waals surface area contributed by atoms with Gasteiger partial charge in [-0.05, 0) is 26.7 Å². The summed E-state index contributed by atoms with van der Waals surface area (Å²) in [6.07, 6.45) is 3.94. The second kappa shape index (κ2) is 7.68. The van der Waals surface area contributed by atoms with E-state index in [2.05, 4.69) is 37.2 Å². The van der Waals surface area contributed by atoms with Gasteiger partial charge in [0.05, 0.1) is 34.4 Å². The van der Waals surface area contributed by atoms with Crippen molar-refractivity contribution in [3.05, 3.63) is 35.9 Å². The summed E-state index contributed by atoms with van der Waals surface area (Å²) in [5.74, 6) is -0.991. The lowest BCUT2D eigenvalue weighted by atomic mass is 9.52. The Kier molecular flexibility index (Phi) is 4.86. The van der Waals surface area contributed by atoms with Gasteiger partial charge in [-0.1, -0.05) is 0 Å². The molecule has 1 saturated heterocycles. The first-order chi connectivity index (χ1) is 17.1. The van der Waals surface area contributed by atoms with Crippen LogP contribution in [0.4, 0.5) is 20.3 Å². The van der Waals surface area contributed by atoms with Crippen LogP contribution in [-0.2, 0) is 0 Å². The van der Waals surface area contributed by atoms with Crippen molar-refractivity contribution in [1.29, 1.82) is 0 Å². The third-order valence-electron chi connectivity index (χ3n) is 7.70. The molecular formula is C24H26F2N8O2. The molecule has 4 aromatic rings. The van der Waals surface area contributed by atoms with Gasteiger partial charge in [-0.2, -0.15) is 9.97 Å². The van der Waals surface area contributed by atoms with Crippen LogP contribution in [0.2, 0.25) is 0 Å². The van der Waals surface area contributed by atoms with Crippen molar-refractivity contribution in [3.63, 3.8) is 0 Å². The molecule has 1 unspecified atom stereocenters. The lowest BCUT2D eigenvalue weighted by molar-refractivity contribution is -0.0168. The van der Waals surface area contributed by atoms with E-state index in [1.807, 2.05) is 4.90 Å². The summed E-state index contributed by atoms with van der Waals surface area (Å²) in [6, 6.07) is 1.10. The molecule has 10 nitrogen and oxygen atoms in total. The summed E-state index contributed by atoms with van der Waals surface area (Å²) in [5.41, 5.74) is 7.25. The monoisotopic (exact) mass is 496 g/mol. The Morgan fingerprint density at radius 3 is 2.50 bits per heavy atom. The largest absolute Gasteiger partial charge is 0.421 e. The maximum Gasteiger partial charge on any atom is 0.326 e. The summed E-state index contributed by atoms with van der Waals surface area (Å²) >= 11 is 0. The molecule has 36 heavy (non-hydrogen) atoms. The number of hydrogen-bond acceptors (Lipinski definition) is 9. The molecule has 2 fully saturated rings. The van der Waals surface area contributed by atoms with Gasteiger partial charge < -0.3 is 30.8 Å². The summed E-state index contributed by atoms with van der Waals surface area (Å²) in [4.78, 5) is 22.3. The van der Waals surface area contributed by atoms with E-state index < -0.39 is 17.7 Å². The Hall–Kier alpha value is -3.64. The van der Waals surface area contributed by atoms with Gasteiger partial charge in [0.1, 0.15) is 17.6 Å². The number of benzene rings is 1. The van der Waals surface area contributed by atoms with E-state index in [0.29, 0.717) is 41.1 Å². The quantitative estimate of drug-likeness (QED) is 0.327. The molecule has 1 aromatic carbocycles. The van der Waals surface area contributed by atoms with E-state index in [0.717, 1.165) is 18.9 Å². The van der Waals surface area contributed by atoms with Crippen molar-refractivity contribution in [3.8, 4) is 11.8 Å². The second-order valence-corrected chi connectivity index (χ2v) is 10.0. The van der Waals surface area contributed by atoms with Crippen LogP contribution in [0.1, 0.15) is 38.6 Å². The number of aromatic nitrogens is 5. The average Bonchev–Trinajstić information content (AvgIpc) is 3.20. The number of aliphatic hydroxyl groups excluding tert-OH is 1. The topological polar surface area (TPSA) is 138 Å². The first-order valence-electron chi connectivity index (χ1n) is 11.7. The molecule has 12 heteroatoms. The molecule has 1 spiro atoms. The normalized spacial score (nSPS) is 21.5. The van der Waals surface area contributed by atoms with Crippen LogP contribution < -0.4 is 20.7 Å². The smallest absolute Gasteiger partial charge is 0.326 e. The number of aromatic amines is 1. The molecule has 188 valence electrons. The molecule has 2 atom stereocenters. The number of halogens is 2. The zero-order valence-corrected chi connectivity index (χ0v) is 20.1. The fraction of sp³-hybridized carbons (Fsp3) is 0.417. The Balaban J connectivity index is 1.49. The molecule has 4 heterocycles. The number of ether oxygens (including phenoxy) is 1. The van der Waals surface area contributed by atoms with Gasteiger partial charge in [0.2, 0.25) is 0 Å². The minimum atomic E-state index is -0.974. The number of anilines is 2. The van der Waals surface area contributed by atoms with Gasteiger partial charge in [-0.3, -0.25) is 0 Å². The summed E-state index contributed by atoms with van der Waals surface area (Å²) in [5, 5.41) is 13.0. The van der Waals surface area contributed by atoms with Crippen LogP contribution >= 0.6 is 0 Å². The molecule has 0 amide bonds. The van der Waals surface area contributed by atoms with E-state index in [-0.39, 0.29) is 33.9 Å². The Bertz CT molecular complexity index is 1500. The van der Waals surface area contributed by atoms with Crippen LogP contribution in [0.15, 0.2) is 18.5 Å². The minimum Gasteiger partial charge on any atom is -0.421 e. The molecular weight excluding hydrogens is 470 g/mol. The molecule has 1 aliphatic carbocycles. The van der Waals surface area contributed by atoms with Crippen LogP contribution in [0.25, 0.3) is 21.9 Å². The highest BCUT2D eigenvalue weighted by Crippen LogP contribution is 2.55. The molecule has 0 bridgehead atoms. The molecule has 1 saturated carbocycles. The molecule has 5 N–H and O–H groups in total. The predicted octanol–water partition coefficient (Wildman–Crippen LogP) is 3.38. The first kappa shape index (κ1) is 22.8. The number of nitrogens with zero attached hydrogens (tertiary/aromatic N) is 5. The summed E-state index contributed by atoms with van der Waals surface area (Å²) in [6.45, 7) is 4.89. The number of nitrogens with one attached hydrogen (secondary N) is 2. The molecule has 0 radical (unpaired) electrons. The van der Waals surface area contributed by atoms with Crippen molar-refractivity contribution in [1.82, 2.24) is 24.9 Å². The van der Waals surface area contributed by atoms with E-state index >= 15 is 4.39 Å². The highest BCUT2D eigenvalue weighted by Gasteiger charge is 2.60. The van der Waals surface area contributed by atoms with E-state index in [4.69, 9.17) is 10.5 Å². The highest BCUT2D eigenvalue weighted by atomic mass is 19.2. The van der Waals surface area contributed by atoms with Gasteiger partial charge in [-0.25, -0.2) is 18.7 Å². The summed E-state index contributed by atoms with van der Waals surface area (Å²) in [7, 11) is 1.63. The Morgan fingerprint density at radius 2 is 1.92 bits per heavy atom. The number of hydrogen-bond donors (Lipinski definition) is 4. The van der Waals surface area contributed by atoms with Gasteiger partial charge in [-0.15, -0.1) is 0 Å². The highest BCUT2D eigenvalue weighted by molar-refractivity contribution is 6.15. The van der Waals surface area contributed by atoms with Crippen LogP contribution in [0, 0.1) is 17.0 Å². The van der Waals surface area contributed by atoms with Crippen LogP contribution in [0.5, 0.6) is 11.8 Å². The molecule has 6 rings (SSSR count). The van der Waals surface area contributed by atoms with Gasteiger partial charge in [0.25, 0.3) is 0 Å². The zero-order valence-electron chi connectivity index (χ0n) is 20.1. The lowest BCUT2D eigenvalue weighted by Crippen LogP contribution is -2.75. The Morgan fingerprint density at radius 1 is 1.19 bits per heavy atom. The second-order valence-electron chi connectivity index (χ2n) is 10.0. The van der Waals surface area contributed by atoms with E-state index in [1.165, 1.54) is 12.4 Å². The molecule has 3 aromatic heterocycles. The lowest BCUT2D eigenvalue weighted by Gasteiger charge is -2.65. The SMILES string of the molecule is CNc1cc(F)c(F)c2c1[nH]c1nc(Oc3cnc(C(C)O)nc3)nc(N3CC4(CC[C@]4(C)N)C3)c12.